The summed E-state index contributed by atoms with van der Waals surface area (Å²) in [5, 5.41) is 3.81. The third-order valence-corrected chi connectivity index (χ3v) is 4.36. The van der Waals surface area contributed by atoms with Crippen molar-refractivity contribution in [2.24, 2.45) is 0 Å². The summed E-state index contributed by atoms with van der Waals surface area (Å²) in [5.74, 6) is -0.227. The zero-order chi connectivity index (χ0) is 16.3. The van der Waals surface area contributed by atoms with Crippen LogP contribution in [0.15, 0.2) is 36.7 Å². The molecule has 0 radical (unpaired) electrons. The maximum atomic E-state index is 12.6. The monoisotopic (exact) mass is 331 g/mol. The van der Waals surface area contributed by atoms with Gasteiger partial charge in [-0.25, -0.2) is 4.98 Å². The molecule has 3 rings (SSSR count). The van der Waals surface area contributed by atoms with Crippen LogP contribution in [-0.4, -0.2) is 29.1 Å². The molecule has 0 atom stereocenters. The second-order valence-electron chi connectivity index (χ2n) is 5.70. The predicted molar refractivity (Wildman–Crippen MR) is 87.4 cm³/mol. The number of halogens is 1. The van der Waals surface area contributed by atoms with Crippen molar-refractivity contribution >= 4 is 17.5 Å². The summed E-state index contributed by atoms with van der Waals surface area (Å²) >= 11 is 5.98. The van der Waals surface area contributed by atoms with Gasteiger partial charge in [0, 0.05) is 24.4 Å². The summed E-state index contributed by atoms with van der Waals surface area (Å²) in [6.07, 6.45) is 4.51. The number of ether oxygens (including phenoxy) is 1. The van der Waals surface area contributed by atoms with Gasteiger partial charge in [0.15, 0.2) is 0 Å². The Kier molecular flexibility index (Phi) is 4.59. The van der Waals surface area contributed by atoms with Gasteiger partial charge in [0.05, 0.1) is 17.4 Å². The van der Waals surface area contributed by atoms with Gasteiger partial charge < -0.3 is 10.1 Å². The van der Waals surface area contributed by atoms with Crippen molar-refractivity contribution in [3.05, 3.63) is 58.6 Å². The van der Waals surface area contributed by atoms with Crippen LogP contribution in [0.25, 0.3) is 0 Å². The highest BCUT2D eigenvalue weighted by molar-refractivity contribution is 6.30. The standard InChI is InChI=1S/C17H18ClN3O2/c1-12-10-20-15(11-19-12)16(22)21-17(6-8-23-9-7-17)13-2-4-14(18)5-3-13/h2-5,10-11H,6-9H2,1H3,(H,21,22). The highest BCUT2D eigenvalue weighted by Crippen LogP contribution is 2.33. The number of hydrogen-bond acceptors (Lipinski definition) is 4. The minimum absolute atomic E-state index is 0.227. The molecule has 0 saturated carbocycles. The number of carbonyl (C=O) groups is 1. The van der Waals surface area contributed by atoms with E-state index in [0.717, 1.165) is 11.3 Å². The van der Waals surface area contributed by atoms with Crippen molar-refractivity contribution in [2.75, 3.05) is 13.2 Å². The number of nitrogens with zero attached hydrogens (tertiary/aromatic N) is 2. The van der Waals surface area contributed by atoms with E-state index >= 15 is 0 Å². The van der Waals surface area contributed by atoms with Crippen LogP contribution in [0.1, 0.15) is 34.6 Å². The van der Waals surface area contributed by atoms with Gasteiger partial charge in [-0.05, 0) is 37.5 Å². The van der Waals surface area contributed by atoms with E-state index in [-0.39, 0.29) is 5.91 Å². The maximum Gasteiger partial charge on any atom is 0.272 e. The SMILES string of the molecule is Cc1cnc(C(=O)NC2(c3ccc(Cl)cc3)CCOCC2)cn1. The number of aryl methyl sites for hydroxylation is 1. The van der Waals surface area contributed by atoms with E-state index in [1.165, 1.54) is 6.20 Å². The average Bonchev–Trinajstić information content (AvgIpc) is 2.57. The lowest BCUT2D eigenvalue weighted by Crippen LogP contribution is -2.49. The molecule has 0 spiro atoms. The zero-order valence-corrected chi connectivity index (χ0v) is 13.6. The smallest absolute Gasteiger partial charge is 0.272 e. The van der Waals surface area contributed by atoms with Crippen LogP contribution in [-0.2, 0) is 10.3 Å². The fourth-order valence-corrected chi connectivity index (χ4v) is 2.89. The highest BCUT2D eigenvalue weighted by Gasteiger charge is 2.36. The quantitative estimate of drug-likeness (QED) is 0.939. The first-order valence-corrected chi connectivity index (χ1v) is 7.92. The molecule has 1 aliphatic rings. The van der Waals surface area contributed by atoms with Crippen LogP contribution in [0.4, 0.5) is 0 Å². The number of hydrogen-bond donors (Lipinski definition) is 1. The summed E-state index contributed by atoms with van der Waals surface area (Å²) in [7, 11) is 0. The summed E-state index contributed by atoms with van der Waals surface area (Å²) in [6.45, 7) is 3.04. The molecule has 1 N–H and O–H groups in total. The van der Waals surface area contributed by atoms with Crippen molar-refractivity contribution in [1.29, 1.82) is 0 Å². The van der Waals surface area contributed by atoms with Crippen molar-refractivity contribution < 1.29 is 9.53 Å². The van der Waals surface area contributed by atoms with E-state index < -0.39 is 5.54 Å². The minimum Gasteiger partial charge on any atom is -0.381 e. The molecule has 0 bridgehead atoms. The van der Waals surface area contributed by atoms with Crippen molar-refractivity contribution in [3.8, 4) is 0 Å². The van der Waals surface area contributed by atoms with E-state index in [0.29, 0.717) is 36.8 Å². The Balaban J connectivity index is 1.88. The molecule has 1 saturated heterocycles. The van der Waals surface area contributed by atoms with Crippen LogP contribution in [0.5, 0.6) is 0 Å². The lowest BCUT2D eigenvalue weighted by atomic mass is 9.82. The van der Waals surface area contributed by atoms with E-state index in [4.69, 9.17) is 16.3 Å². The molecule has 0 unspecified atom stereocenters. The molecule has 0 aliphatic carbocycles. The second-order valence-corrected chi connectivity index (χ2v) is 6.13. The molecule has 120 valence electrons. The number of amides is 1. The maximum absolute atomic E-state index is 12.6. The zero-order valence-electron chi connectivity index (χ0n) is 12.9. The van der Waals surface area contributed by atoms with Crippen LogP contribution >= 0.6 is 11.6 Å². The molecule has 2 aromatic rings. The summed E-state index contributed by atoms with van der Waals surface area (Å²) in [6, 6.07) is 7.58. The predicted octanol–water partition coefficient (Wildman–Crippen LogP) is 2.87. The first kappa shape index (κ1) is 15.9. The van der Waals surface area contributed by atoms with Crippen molar-refractivity contribution in [3.63, 3.8) is 0 Å². The Hall–Kier alpha value is -1.98. The molecular weight excluding hydrogens is 314 g/mol. The number of carbonyl (C=O) groups excluding carboxylic acids is 1. The van der Waals surface area contributed by atoms with Gasteiger partial charge in [0.25, 0.3) is 5.91 Å². The molecular formula is C17H18ClN3O2. The summed E-state index contributed by atoms with van der Waals surface area (Å²) in [4.78, 5) is 20.9. The Labute approximate surface area is 140 Å². The first-order chi connectivity index (χ1) is 11.1. The van der Waals surface area contributed by atoms with Crippen molar-refractivity contribution in [2.45, 2.75) is 25.3 Å². The Bertz CT molecular complexity index is 680. The van der Waals surface area contributed by atoms with Crippen molar-refractivity contribution in [1.82, 2.24) is 15.3 Å². The van der Waals surface area contributed by atoms with Crippen LogP contribution in [0.2, 0.25) is 5.02 Å². The number of rotatable bonds is 3. The molecule has 1 aromatic heterocycles. The van der Waals surface area contributed by atoms with Crippen LogP contribution in [0.3, 0.4) is 0 Å². The highest BCUT2D eigenvalue weighted by atomic mass is 35.5. The Morgan fingerprint density at radius 3 is 2.48 bits per heavy atom. The summed E-state index contributed by atoms with van der Waals surface area (Å²) in [5.41, 5.74) is 1.65. The van der Waals surface area contributed by atoms with Gasteiger partial charge >= 0.3 is 0 Å². The molecule has 1 aromatic carbocycles. The van der Waals surface area contributed by atoms with Crippen LogP contribution < -0.4 is 5.32 Å². The lowest BCUT2D eigenvalue weighted by molar-refractivity contribution is 0.0344. The van der Waals surface area contributed by atoms with Gasteiger partial charge in [-0.3, -0.25) is 9.78 Å². The van der Waals surface area contributed by atoms with E-state index in [1.54, 1.807) is 6.20 Å². The number of benzene rings is 1. The minimum atomic E-state index is -0.466. The third-order valence-electron chi connectivity index (χ3n) is 4.11. The van der Waals surface area contributed by atoms with Gasteiger partial charge in [0.2, 0.25) is 0 Å². The summed E-state index contributed by atoms with van der Waals surface area (Å²) < 4.78 is 5.47. The topological polar surface area (TPSA) is 64.1 Å². The van der Waals surface area contributed by atoms with Gasteiger partial charge in [-0.2, -0.15) is 0 Å². The number of aromatic nitrogens is 2. The normalized spacial score (nSPS) is 16.8. The molecule has 1 amide bonds. The van der Waals surface area contributed by atoms with Gasteiger partial charge in [-0.1, -0.05) is 23.7 Å². The number of nitrogens with one attached hydrogen (secondary N) is 1. The third kappa shape index (κ3) is 3.51. The van der Waals surface area contributed by atoms with Gasteiger partial charge in [-0.15, -0.1) is 0 Å². The molecule has 1 fully saturated rings. The Morgan fingerprint density at radius 2 is 1.87 bits per heavy atom. The molecule has 23 heavy (non-hydrogen) atoms. The fourth-order valence-electron chi connectivity index (χ4n) is 2.77. The average molecular weight is 332 g/mol. The largest absolute Gasteiger partial charge is 0.381 e. The molecule has 6 heteroatoms. The molecule has 2 heterocycles. The molecule has 1 aliphatic heterocycles. The fraction of sp³-hybridized carbons (Fsp3) is 0.353. The van der Waals surface area contributed by atoms with Crippen LogP contribution in [0, 0.1) is 6.92 Å². The van der Waals surface area contributed by atoms with E-state index in [2.05, 4.69) is 15.3 Å². The first-order valence-electron chi connectivity index (χ1n) is 7.54. The molecule has 5 nitrogen and oxygen atoms in total. The lowest BCUT2D eigenvalue weighted by Gasteiger charge is -2.38. The Morgan fingerprint density at radius 1 is 1.17 bits per heavy atom. The van der Waals surface area contributed by atoms with E-state index in [1.807, 2.05) is 31.2 Å². The second kappa shape index (κ2) is 6.64. The van der Waals surface area contributed by atoms with Gasteiger partial charge in [0.1, 0.15) is 5.69 Å². The van der Waals surface area contributed by atoms with E-state index in [9.17, 15) is 4.79 Å².